The maximum Gasteiger partial charge on any atom is 0.308 e. The van der Waals surface area contributed by atoms with Crippen LogP contribution in [0.1, 0.15) is 38.3 Å². The van der Waals surface area contributed by atoms with Crippen molar-refractivity contribution in [3.05, 3.63) is 52.0 Å². The molecule has 0 saturated carbocycles. The minimum absolute atomic E-state index is 0.0504. The molecule has 2 rings (SSSR count). The lowest BCUT2D eigenvalue weighted by Gasteiger charge is -2.19. The summed E-state index contributed by atoms with van der Waals surface area (Å²) in [6.45, 7) is 6.91. The van der Waals surface area contributed by atoms with Crippen LogP contribution in [0, 0.1) is 12.8 Å². The summed E-state index contributed by atoms with van der Waals surface area (Å²) in [5, 5.41) is 3.95. The normalized spacial score (nSPS) is 12.6. The third-order valence-electron chi connectivity index (χ3n) is 4.54. The van der Waals surface area contributed by atoms with Crippen LogP contribution in [0.25, 0.3) is 0 Å². The number of carbonyl (C=O) groups excluding carboxylic acids is 2. The van der Waals surface area contributed by atoms with E-state index in [-0.39, 0.29) is 23.0 Å². The average Bonchev–Trinajstić information content (AvgIpc) is 2.74. The third-order valence-corrected chi connectivity index (χ3v) is 6.61. The molecule has 0 bridgehead atoms. The van der Waals surface area contributed by atoms with Gasteiger partial charge in [0.05, 0.1) is 22.7 Å². The summed E-state index contributed by atoms with van der Waals surface area (Å²) < 4.78 is 38.8. The number of nitrogens with zero attached hydrogens (tertiary/aromatic N) is 1. The Morgan fingerprint density at radius 2 is 1.82 bits per heavy atom. The zero-order valence-corrected chi connectivity index (χ0v) is 22.0. The van der Waals surface area contributed by atoms with Gasteiger partial charge in [0.15, 0.2) is 11.5 Å². The fourth-order valence-electron chi connectivity index (χ4n) is 2.96. The molecule has 0 spiro atoms. The molecule has 184 valence electrons. The summed E-state index contributed by atoms with van der Waals surface area (Å²) in [5.74, 6) is -0.533. The summed E-state index contributed by atoms with van der Waals surface area (Å²) in [5.41, 5.74) is 3.85. The number of amides is 1. The van der Waals surface area contributed by atoms with Gasteiger partial charge in [0.2, 0.25) is 10.0 Å². The zero-order valence-electron chi connectivity index (χ0n) is 19.6. The molecule has 2 N–H and O–H groups in total. The van der Waals surface area contributed by atoms with Crippen molar-refractivity contribution < 1.29 is 27.5 Å². The van der Waals surface area contributed by atoms with Gasteiger partial charge in [-0.1, -0.05) is 31.5 Å². The molecule has 0 heterocycles. The number of sulfonamides is 1. The van der Waals surface area contributed by atoms with Crippen LogP contribution in [0.3, 0.4) is 0 Å². The van der Waals surface area contributed by atoms with Crippen LogP contribution in [0.5, 0.6) is 11.5 Å². The number of carbonyl (C=O) groups is 2. The van der Waals surface area contributed by atoms with E-state index in [1.807, 2.05) is 20.8 Å². The van der Waals surface area contributed by atoms with Crippen LogP contribution < -0.4 is 19.6 Å². The summed E-state index contributed by atoms with van der Waals surface area (Å²) >= 11 is 3.32. The van der Waals surface area contributed by atoms with Gasteiger partial charge in [-0.2, -0.15) is 9.82 Å². The minimum Gasteiger partial charge on any atom is -0.493 e. The molecule has 2 aromatic rings. The lowest BCUT2D eigenvalue weighted by atomic mass is 10.0. The van der Waals surface area contributed by atoms with Gasteiger partial charge in [-0.25, -0.2) is 13.8 Å². The van der Waals surface area contributed by atoms with Gasteiger partial charge >= 0.3 is 5.97 Å². The Labute approximate surface area is 208 Å². The molecular weight excluding hydrogens is 526 g/mol. The molecular formula is C23H28BrN3O6S. The lowest BCUT2D eigenvalue weighted by molar-refractivity contribution is -0.132. The summed E-state index contributed by atoms with van der Waals surface area (Å²) in [6, 6.07) is 8.55. The third kappa shape index (κ3) is 7.93. The van der Waals surface area contributed by atoms with E-state index in [9.17, 15) is 18.0 Å². The lowest BCUT2D eigenvalue weighted by Crippen LogP contribution is -2.46. The Balaban J connectivity index is 2.17. The number of nitrogens with one attached hydrogen (secondary N) is 2. The highest BCUT2D eigenvalue weighted by Crippen LogP contribution is 2.36. The van der Waals surface area contributed by atoms with Crippen molar-refractivity contribution in [3.63, 3.8) is 0 Å². The second kappa shape index (κ2) is 12.1. The number of aryl methyl sites for hydroxylation is 1. The average molecular weight is 554 g/mol. The van der Waals surface area contributed by atoms with Crippen molar-refractivity contribution in [1.82, 2.24) is 10.1 Å². The molecule has 1 amide bonds. The molecule has 9 nitrogen and oxygen atoms in total. The van der Waals surface area contributed by atoms with Crippen molar-refractivity contribution >= 4 is 44.0 Å². The van der Waals surface area contributed by atoms with Crippen LogP contribution in [0.4, 0.5) is 0 Å². The highest BCUT2D eigenvalue weighted by atomic mass is 79.9. The van der Waals surface area contributed by atoms with E-state index in [1.165, 1.54) is 32.4 Å². The van der Waals surface area contributed by atoms with Crippen molar-refractivity contribution in [2.45, 2.75) is 45.1 Å². The molecule has 0 aromatic heterocycles. The standard InChI is InChI=1S/C23H28BrN3O6S/c1-14(2)10-20(27-34(30,31)18-8-6-15(3)7-9-18)23(29)26-25-13-17-11-19(24)22(33-16(4)28)21(12-17)32-5/h6-9,11-14,20,27H,10H2,1-5H3,(H,26,29)/b25-13-/t20-/m0/s1. The predicted octanol–water partition coefficient (Wildman–Crippen LogP) is 3.53. The van der Waals surface area contributed by atoms with Gasteiger partial charge in [-0.05, 0) is 65.0 Å². The van der Waals surface area contributed by atoms with Crippen LogP contribution >= 0.6 is 15.9 Å². The fourth-order valence-corrected chi connectivity index (χ4v) is 4.71. The van der Waals surface area contributed by atoms with Crippen molar-refractivity contribution in [2.24, 2.45) is 11.0 Å². The Bertz CT molecular complexity index is 1160. The molecule has 0 aliphatic heterocycles. The second-order valence-corrected chi connectivity index (χ2v) is 10.5. The zero-order chi connectivity index (χ0) is 25.5. The van der Waals surface area contributed by atoms with Crippen molar-refractivity contribution in [3.8, 4) is 11.5 Å². The minimum atomic E-state index is -3.90. The van der Waals surface area contributed by atoms with Gasteiger partial charge in [-0.3, -0.25) is 9.59 Å². The van der Waals surface area contributed by atoms with Gasteiger partial charge in [0.1, 0.15) is 6.04 Å². The smallest absolute Gasteiger partial charge is 0.308 e. The molecule has 0 aliphatic carbocycles. The first kappa shape index (κ1) is 27.5. The highest BCUT2D eigenvalue weighted by molar-refractivity contribution is 9.10. The Hall–Kier alpha value is -2.76. The Morgan fingerprint density at radius 1 is 1.18 bits per heavy atom. The molecule has 1 atom stereocenters. The van der Waals surface area contributed by atoms with E-state index >= 15 is 0 Å². The first-order valence-corrected chi connectivity index (χ1v) is 12.7. The number of methoxy groups -OCH3 is 1. The summed E-state index contributed by atoms with van der Waals surface area (Å²) in [7, 11) is -2.48. The van der Waals surface area contributed by atoms with Crippen LogP contribution in [-0.2, 0) is 19.6 Å². The first-order valence-electron chi connectivity index (χ1n) is 10.4. The quantitative estimate of drug-likeness (QED) is 0.201. The SMILES string of the molecule is COc1cc(/C=N\NC(=O)[C@H](CC(C)C)NS(=O)(=O)c2ccc(C)cc2)cc(Br)c1OC(C)=O. The molecule has 0 unspecified atom stereocenters. The maximum absolute atomic E-state index is 12.8. The molecule has 2 aromatic carbocycles. The van der Waals surface area contributed by atoms with E-state index in [1.54, 1.807) is 24.3 Å². The van der Waals surface area contributed by atoms with Crippen LogP contribution in [0.2, 0.25) is 0 Å². The molecule has 34 heavy (non-hydrogen) atoms. The van der Waals surface area contributed by atoms with Gasteiger partial charge < -0.3 is 9.47 Å². The van der Waals surface area contributed by atoms with Crippen LogP contribution in [0.15, 0.2) is 50.9 Å². The number of ether oxygens (including phenoxy) is 2. The molecule has 0 saturated heterocycles. The summed E-state index contributed by atoms with van der Waals surface area (Å²) in [4.78, 5) is 24.1. The fraction of sp³-hybridized carbons (Fsp3) is 0.348. The number of hydrogen-bond donors (Lipinski definition) is 2. The number of hydrogen-bond acceptors (Lipinski definition) is 7. The Kier molecular flexibility index (Phi) is 9.77. The van der Waals surface area contributed by atoms with Crippen LogP contribution in [-0.4, -0.2) is 39.7 Å². The van der Waals surface area contributed by atoms with E-state index in [0.717, 1.165) is 5.56 Å². The molecule has 0 aliphatic rings. The molecule has 0 radical (unpaired) electrons. The van der Waals surface area contributed by atoms with Crippen molar-refractivity contribution in [1.29, 1.82) is 0 Å². The predicted molar refractivity (Wildman–Crippen MR) is 132 cm³/mol. The Morgan fingerprint density at radius 3 is 2.38 bits per heavy atom. The largest absolute Gasteiger partial charge is 0.493 e. The highest BCUT2D eigenvalue weighted by Gasteiger charge is 2.26. The van der Waals surface area contributed by atoms with E-state index in [4.69, 9.17) is 9.47 Å². The number of rotatable bonds is 10. The van der Waals surface area contributed by atoms with Gasteiger partial charge in [0, 0.05) is 6.92 Å². The number of benzene rings is 2. The van der Waals surface area contributed by atoms with E-state index < -0.39 is 27.9 Å². The molecule has 11 heteroatoms. The first-order chi connectivity index (χ1) is 15.9. The maximum atomic E-state index is 12.8. The van der Waals surface area contributed by atoms with E-state index in [0.29, 0.717) is 15.8 Å². The number of hydrazone groups is 1. The number of esters is 1. The number of halogens is 1. The topological polar surface area (TPSA) is 123 Å². The van der Waals surface area contributed by atoms with Crippen molar-refractivity contribution in [2.75, 3.05) is 7.11 Å². The van der Waals surface area contributed by atoms with Gasteiger partial charge in [-0.15, -0.1) is 0 Å². The monoisotopic (exact) mass is 553 g/mol. The van der Waals surface area contributed by atoms with Gasteiger partial charge in [0.25, 0.3) is 5.91 Å². The second-order valence-electron chi connectivity index (χ2n) is 7.98. The van der Waals surface area contributed by atoms with E-state index in [2.05, 4.69) is 31.2 Å². The molecule has 0 fully saturated rings. The summed E-state index contributed by atoms with van der Waals surface area (Å²) in [6.07, 6.45) is 1.65.